The third-order valence-corrected chi connectivity index (χ3v) is 7.53. The van der Waals surface area contributed by atoms with Crippen LogP contribution in [0.25, 0.3) is 0 Å². The first-order valence-corrected chi connectivity index (χ1v) is 9.99. The van der Waals surface area contributed by atoms with Gasteiger partial charge in [0.2, 0.25) is 5.91 Å². The van der Waals surface area contributed by atoms with Gasteiger partial charge in [-0.15, -0.1) is 0 Å². The molecule has 1 N–H and O–H groups in total. The maximum Gasteiger partial charge on any atom is 0.223 e. The molecule has 5 saturated carbocycles. The molecular formula is C20H33NO. The Labute approximate surface area is 135 Å². The fourth-order valence-electron chi connectivity index (χ4n) is 6.95. The summed E-state index contributed by atoms with van der Waals surface area (Å²) in [6.07, 6.45) is 15.9. The van der Waals surface area contributed by atoms with Gasteiger partial charge < -0.3 is 5.32 Å². The van der Waals surface area contributed by atoms with E-state index in [-0.39, 0.29) is 0 Å². The monoisotopic (exact) mass is 303 g/mol. The Hall–Kier alpha value is -0.530. The number of nitrogens with one attached hydrogen (secondary N) is 1. The molecule has 2 heteroatoms. The minimum atomic E-state index is 0.316. The van der Waals surface area contributed by atoms with E-state index in [4.69, 9.17) is 0 Å². The average molecular weight is 303 g/mol. The van der Waals surface area contributed by atoms with E-state index in [1.54, 1.807) is 0 Å². The number of hydrogen-bond donors (Lipinski definition) is 1. The highest BCUT2D eigenvalue weighted by Crippen LogP contribution is 2.61. The van der Waals surface area contributed by atoms with Crippen LogP contribution in [-0.4, -0.2) is 11.9 Å². The smallest absolute Gasteiger partial charge is 0.223 e. The lowest BCUT2D eigenvalue weighted by molar-refractivity contribution is -0.131. The summed E-state index contributed by atoms with van der Waals surface area (Å²) in [5.74, 6) is 3.64. The molecule has 22 heavy (non-hydrogen) atoms. The fourth-order valence-corrected chi connectivity index (χ4v) is 6.95. The van der Waals surface area contributed by atoms with E-state index in [1.807, 2.05) is 0 Å². The number of carbonyl (C=O) groups excluding carboxylic acids is 1. The first-order valence-electron chi connectivity index (χ1n) is 9.99. The van der Waals surface area contributed by atoms with Crippen LogP contribution in [0.4, 0.5) is 0 Å². The van der Waals surface area contributed by atoms with E-state index in [9.17, 15) is 4.79 Å². The average Bonchev–Trinajstić information content (AvgIpc) is 2.51. The summed E-state index contributed by atoms with van der Waals surface area (Å²) in [5.41, 5.74) is 0.466. The third kappa shape index (κ3) is 2.61. The van der Waals surface area contributed by atoms with Gasteiger partial charge >= 0.3 is 0 Å². The summed E-state index contributed by atoms with van der Waals surface area (Å²) < 4.78 is 0. The van der Waals surface area contributed by atoms with E-state index in [0.717, 1.165) is 37.0 Å². The maximum atomic E-state index is 12.7. The van der Waals surface area contributed by atoms with E-state index < -0.39 is 0 Å². The molecule has 0 aromatic heterocycles. The molecule has 0 spiro atoms. The van der Waals surface area contributed by atoms with Gasteiger partial charge in [0.05, 0.1) is 0 Å². The maximum absolute atomic E-state index is 12.7. The van der Waals surface area contributed by atoms with Crippen molar-refractivity contribution < 1.29 is 4.79 Å². The van der Waals surface area contributed by atoms with Crippen LogP contribution in [0.5, 0.6) is 0 Å². The van der Waals surface area contributed by atoms with Gasteiger partial charge in [-0.1, -0.05) is 26.2 Å². The normalized spacial score (nSPS) is 42.3. The molecule has 1 amide bonds. The lowest BCUT2D eigenvalue weighted by Crippen LogP contribution is -2.57. The van der Waals surface area contributed by atoms with Crippen molar-refractivity contribution in [3.63, 3.8) is 0 Å². The largest absolute Gasteiger partial charge is 0.353 e. The van der Waals surface area contributed by atoms with Gasteiger partial charge in [0.15, 0.2) is 0 Å². The SMILES string of the molecule is CCC(NC(=O)C1CCCCC1)C12CC3CC(CC(C3)C1)C2. The predicted octanol–water partition coefficient (Wildman–Crippen LogP) is 4.68. The Morgan fingerprint density at radius 3 is 2.05 bits per heavy atom. The van der Waals surface area contributed by atoms with Crippen LogP contribution in [0, 0.1) is 29.1 Å². The highest BCUT2D eigenvalue weighted by Gasteiger charge is 2.54. The molecule has 0 aromatic carbocycles. The van der Waals surface area contributed by atoms with Crippen molar-refractivity contribution in [2.24, 2.45) is 29.1 Å². The summed E-state index contributed by atoms with van der Waals surface area (Å²) in [7, 11) is 0. The van der Waals surface area contributed by atoms with Crippen LogP contribution in [-0.2, 0) is 4.79 Å². The molecule has 4 bridgehead atoms. The van der Waals surface area contributed by atoms with Crippen molar-refractivity contribution in [1.82, 2.24) is 5.32 Å². The minimum Gasteiger partial charge on any atom is -0.353 e. The van der Waals surface area contributed by atoms with Gasteiger partial charge in [-0.25, -0.2) is 0 Å². The van der Waals surface area contributed by atoms with Gasteiger partial charge in [0, 0.05) is 12.0 Å². The second-order valence-electron chi connectivity index (χ2n) is 9.08. The molecule has 0 saturated heterocycles. The summed E-state index contributed by atoms with van der Waals surface area (Å²) in [5, 5.41) is 3.55. The van der Waals surface area contributed by atoms with E-state index in [0.29, 0.717) is 23.3 Å². The van der Waals surface area contributed by atoms with Gasteiger partial charge in [0.25, 0.3) is 0 Å². The van der Waals surface area contributed by atoms with E-state index in [2.05, 4.69) is 12.2 Å². The van der Waals surface area contributed by atoms with Gasteiger partial charge in [-0.05, 0) is 81.0 Å². The van der Waals surface area contributed by atoms with Gasteiger partial charge in [-0.2, -0.15) is 0 Å². The molecule has 0 aliphatic heterocycles. The Bertz CT molecular complexity index is 388. The number of amides is 1. The van der Waals surface area contributed by atoms with Crippen LogP contribution in [0.1, 0.15) is 84.0 Å². The third-order valence-electron chi connectivity index (χ3n) is 7.53. The van der Waals surface area contributed by atoms with E-state index in [1.165, 1.54) is 57.8 Å². The molecule has 0 heterocycles. The molecule has 1 atom stereocenters. The zero-order valence-electron chi connectivity index (χ0n) is 14.3. The number of rotatable bonds is 4. The van der Waals surface area contributed by atoms with Crippen molar-refractivity contribution in [2.45, 2.75) is 90.0 Å². The Morgan fingerprint density at radius 2 is 1.55 bits per heavy atom. The van der Waals surface area contributed by atoms with Crippen molar-refractivity contribution in [1.29, 1.82) is 0 Å². The molecule has 5 rings (SSSR count). The van der Waals surface area contributed by atoms with Crippen molar-refractivity contribution in [3.8, 4) is 0 Å². The summed E-state index contributed by atoms with van der Waals surface area (Å²) in [4.78, 5) is 12.7. The molecule has 0 radical (unpaired) electrons. The highest BCUT2D eigenvalue weighted by atomic mass is 16.1. The lowest BCUT2D eigenvalue weighted by Gasteiger charge is -2.59. The van der Waals surface area contributed by atoms with Crippen molar-refractivity contribution >= 4 is 5.91 Å². The Morgan fingerprint density at radius 1 is 1.00 bits per heavy atom. The highest BCUT2D eigenvalue weighted by molar-refractivity contribution is 5.79. The molecule has 1 unspecified atom stereocenters. The van der Waals surface area contributed by atoms with Gasteiger partial charge in [-0.3, -0.25) is 4.79 Å². The van der Waals surface area contributed by atoms with Crippen molar-refractivity contribution in [2.75, 3.05) is 0 Å². The standard InChI is InChI=1S/C20H33NO/c1-2-18(21-19(22)17-6-4-3-5-7-17)20-11-14-8-15(12-20)10-16(9-14)13-20/h14-18H,2-13H2,1H3,(H,21,22). The molecular weight excluding hydrogens is 270 g/mol. The molecule has 5 fully saturated rings. The molecule has 5 aliphatic carbocycles. The van der Waals surface area contributed by atoms with Crippen LogP contribution in [0.15, 0.2) is 0 Å². The molecule has 5 aliphatic rings. The first kappa shape index (κ1) is 15.0. The van der Waals surface area contributed by atoms with Gasteiger partial charge in [0.1, 0.15) is 0 Å². The molecule has 124 valence electrons. The quantitative estimate of drug-likeness (QED) is 0.803. The molecule has 2 nitrogen and oxygen atoms in total. The topological polar surface area (TPSA) is 29.1 Å². The van der Waals surface area contributed by atoms with Crippen LogP contribution < -0.4 is 5.32 Å². The summed E-state index contributed by atoms with van der Waals surface area (Å²) >= 11 is 0. The number of hydrogen-bond acceptors (Lipinski definition) is 1. The van der Waals surface area contributed by atoms with Crippen LogP contribution in [0.3, 0.4) is 0 Å². The van der Waals surface area contributed by atoms with Crippen molar-refractivity contribution in [3.05, 3.63) is 0 Å². The molecule has 0 aromatic rings. The number of carbonyl (C=O) groups is 1. The second kappa shape index (κ2) is 5.83. The lowest BCUT2D eigenvalue weighted by atomic mass is 9.47. The zero-order chi connectivity index (χ0) is 15.2. The second-order valence-corrected chi connectivity index (χ2v) is 9.08. The van der Waals surface area contributed by atoms with E-state index >= 15 is 0 Å². The Kier molecular flexibility index (Phi) is 3.98. The minimum absolute atomic E-state index is 0.316. The first-order chi connectivity index (χ1) is 10.7. The van der Waals surface area contributed by atoms with Crippen LogP contribution in [0.2, 0.25) is 0 Å². The summed E-state index contributed by atoms with van der Waals surface area (Å²) in [6.45, 7) is 2.30. The Balaban J connectivity index is 1.46. The van der Waals surface area contributed by atoms with Crippen LogP contribution >= 0.6 is 0 Å². The predicted molar refractivity (Wildman–Crippen MR) is 89.4 cm³/mol. The zero-order valence-corrected chi connectivity index (χ0v) is 14.3. The fraction of sp³-hybridized carbons (Fsp3) is 0.950. The summed E-state index contributed by atoms with van der Waals surface area (Å²) in [6, 6.07) is 0.454.